The van der Waals surface area contributed by atoms with Gasteiger partial charge in [-0.3, -0.25) is 0 Å². The van der Waals surface area contributed by atoms with Gasteiger partial charge in [-0.25, -0.2) is 12.1 Å². The largest absolute Gasteiger partial charge is 1.00 e. The normalized spacial score (nSPS) is 10.0. The summed E-state index contributed by atoms with van der Waals surface area (Å²) in [4.78, 5) is 0. The molecule has 0 spiro atoms. The maximum Gasteiger partial charge on any atom is -0.0253 e. The minimum Gasteiger partial charge on any atom is -1.00 e. The van der Waals surface area contributed by atoms with Crippen LogP contribution in [0.4, 0.5) is 0 Å². The van der Waals surface area contributed by atoms with E-state index in [1.807, 2.05) is 6.07 Å². The third-order valence-electron chi connectivity index (χ3n) is 3.97. The van der Waals surface area contributed by atoms with Gasteiger partial charge in [0, 0.05) is 0 Å². The van der Waals surface area contributed by atoms with E-state index in [0.717, 1.165) is 6.42 Å². The van der Waals surface area contributed by atoms with Crippen molar-refractivity contribution in [3.63, 3.8) is 0 Å². The molecule has 0 fully saturated rings. The van der Waals surface area contributed by atoms with Crippen molar-refractivity contribution in [1.82, 2.24) is 0 Å². The Hall–Kier alpha value is -0.877. The van der Waals surface area contributed by atoms with Crippen LogP contribution in [0.2, 0.25) is 0 Å². The standard InChI is InChI=1S/C13H9.C8H11.C3H6.2ClH.Zr/c1-3-7-12-10(5-1)9-11-6-2-4-8-13(11)12;1-7(2)8-5-3-4-6-8;1-3-2;;;/h1-5,7-8H,9H2;3-7H,1-2H3;1-2H3;2*1H;/q2*-1;;;;+2/p-2. The first-order valence-electron chi connectivity index (χ1n) is 8.80. The van der Waals surface area contributed by atoms with Gasteiger partial charge in [0.25, 0.3) is 0 Å². The Morgan fingerprint density at radius 2 is 1.48 bits per heavy atom. The molecule has 0 aromatic heterocycles. The Bertz CT molecular complexity index is 757. The monoisotopic (exact) mass is 474 g/mol. The van der Waals surface area contributed by atoms with Crippen LogP contribution < -0.4 is 24.8 Å². The van der Waals surface area contributed by atoms with Gasteiger partial charge in [-0.1, -0.05) is 55.2 Å². The predicted molar refractivity (Wildman–Crippen MR) is 106 cm³/mol. The van der Waals surface area contributed by atoms with Crippen LogP contribution in [0.1, 0.15) is 50.3 Å². The maximum absolute atomic E-state index is 3.30. The number of halogens is 2. The van der Waals surface area contributed by atoms with Crippen LogP contribution in [-0.2, 0) is 30.7 Å². The minimum absolute atomic E-state index is 0. The van der Waals surface area contributed by atoms with Gasteiger partial charge in [-0.2, -0.15) is 47.5 Å². The maximum atomic E-state index is 3.30. The van der Waals surface area contributed by atoms with Gasteiger partial charge >= 0.3 is 41.3 Å². The van der Waals surface area contributed by atoms with Crippen molar-refractivity contribution in [3.05, 3.63) is 89.5 Å². The molecular weight excluding hydrogens is 450 g/mol. The van der Waals surface area contributed by atoms with E-state index in [1.54, 1.807) is 24.2 Å². The van der Waals surface area contributed by atoms with Gasteiger partial charge in [0.15, 0.2) is 0 Å². The van der Waals surface area contributed by atoms with E-state index in [2.05, 4.69) is 94.4 Å². The van der Waals surface area contributed by atoms with E-state index < -0.39 is 0 Å². The second kappa shape index (κ2) is 13.3. The smallest absolute Gasteiger partial charge is 0.0253 e. The average Bonchev–Trinajstić information content (AvgIpc) is 3.23. The Kier molecular flexibility index (Phi) is 12.9. The van der Waals surface area contributed by atoms with E-state index in [4.69, 9.17) is 0 Å². The van der Waals surface area contributed by atoms with Crippen LogP contribution in [0, 0.1) is 6.07 Å². The van der Waals surface area contributed by atoms with E-state index >= 15 is 0 Å². The first-order chi connectivity index (χ1) is 12.0. The number of rotatable bonds is 1. The third kappa shape index (κ3) is 8.34. The van der Waals surface area contributed by atoms with Gasteiger partial charge in [-0.05, 0) is 6.42 Å². The van der Waals surface area contributed by atoms with Crippen LogP contribution in [0.15, 0.2) is 66.7 Å². The molecule has 0 radical (unpaired) electrons. The summed E-state index contributed by atoms with van der Waals surface area (Å²) in [6, 6.07) is 26.6. The second-order valence-electron chi connectivity index (χ2n) is 6.77. The fourth-order valence-corrected chi connectivity index (χ4v) is 2.77. The Labute approximate surface area is 191 Å². The van der Waals surface area contributed by atoms with Crippen LogP contribution >= 0.6 is 0 Å². The summed E-state index contributed by atoms with van der Waals surface area (Å²) in [5, 5.41) is 0. The molecule has 3 aromatic carbocycles. The minimum atomic E-state index is 0. The van der Waals surface area contributed by atoms with Gasteiger partial charge in [-0.15, -0.1) is 5.56 Å². The summed E-state index contributed by atoms with van der Waals surface area (Å²) >= 11 is 1.55. The molecule has 0 bridgehead atoms. The van der Waals surface area contributed by atoms with Crippen molar-refractivity contribution >= 4 is 3.21 Å². The Balaban J connectivity index is 0.000000422. The third-order valence-corrected chi connectivity index (χ3v) is 3.97. The molecule has 3 heteroatoms. The van der Waals surface area contributed by atoms with Crippen LogP contribution in [0.25, 0.3) is 11.1 Å². The Morgan fingerprint density at radius 3 is 2.04 bits per heavy atom. The van der Waals surface area contributed by atoms with Crippen molar-refractivity contribution in [1.29, 1.82) is 0 Å². The van der Waals surface area contributed by atoms with Crippen LogP contribution in [0.3, 0.4) is 0 Å². The first-order valence-corrected chi connectivity index (χ1v) is 10.0. The number of benzene rings is 2. The fourth-order valence-electron chi connectivity index (χ4n) is 2.77. The summed E-state index contributed by atoms with van der Waals surface area (Å²) in [6.45, 7) is 8.65. The van der Waals surface area contributed by atoms with Crippen LogP contribution in [0.5, 0.6) is 0 Å². The summed E-state index contributed by atoms with van der Waals surface area (Å²) in [5.74, 6) is 0.685. The van der Waals surface area contributed by atoms with Crippen molar-refractivity contribution in [3.8, 4) is 11.1 Å². The zero-order chi connectivity index (χ0) is 18.2. The summed E-state index contributed by atoms with van der Waals surface area (Å²) in [7, 11) is 0. The van der Waals surface area contributed by atoms with Crippen LogP contribution in [-0.4, -0.2) is 3.21 Å². The molecule has 0 saturated carbocycles. The first kappa shape index (κ1) is 26.1. The molecule has 0 atom stereocenters. The number of hydrogen-bond acceptors (Lipinski definition) is 0. The predicted octanol–water partition coefficient (Wildman–Crippen LogP) is 0.340. The van der Waals surface area contributed by atoms with Gasteiger partial charge in [0.1, 0.15) is 0 Å². The van der Waals surface area contributed by atoms with E-state index in [0.29, 0.717) is 5.92 Å². The average molecular weight is 477 g/mol. The summed E-state index contributed by atoms with van der Waals surface area (Å²) < 4.78 is 1.51. The molecule has 0 heterocycles. The molecule has 0 unspecified atom stereocenters. The molecule has 1 aliphatic rings. The van der Waals surface area contributed by atoms with Crippen molar-refractivity contribution < 1.29 is 49.0 Å². The molecular formula is C24H26Cl2Zr-2. The zero-order valence-corrected chi connectivity index (χ0v) is 20.4. The number of hydrogen-bond donors (Lipinski definition) is 0. The quantitative estimate of drug-likeness (QED) is 0.348. The topological polar surface area (TPSA) is 0 Å². The van der Waals surface area contributed by atoms with Crippen molar-refractivity contribution in [2.75, 3.05) is 0 Å². The van der Waals surface area contributed by atoms with Gasteiger partial charge < -0.3 is 24.8 Å². The molecule has 27 heavy (non-hydrogen) atoms. The van der Waals surface area contributed by atoms with E-state index in [-0.39, 0.29) is 24.8 Å². The van der Waals surface area contributed by atoms with Gasteiger partial charge in [0.2, 0.25) is 0 Å². The zero-order valence-electron chi connectivity index (χ0n) is 16.4. The van der Waals surface area contributed by atoms with Crippen molar-refractivity contribution in [2.24, 2.45) is 0 Å². The molecule has 1 aliphatic carbocycles. The second-order valence-corrected chi connectivity index (χ2v) is 9.23. The SMILES string of the molecule is CC(C)[c-]1cccc1.C[C](C)=[Zr+2].[Cl-].[Cl-].[c-]1cccc2c1Cc1ccccc1-2. The molecule has 142 valence electrons. The number of fused-ring (bicyclic) bond motifs is 3. The van der Waals surface area contributed by atoms with Crippen molar-refractivity contribution in [2.45, 2.75) is 40.0 Å². The van der Waals surface area contributed by atoms with E-state index in [9.17, 15) is 0 Å². The molecule has 0 N–H and O–H groups in total. The molecule has 0 nitrogen and oxygen atoms in total. The molecule has 0 aliphatic heterocycles. The molecule has 3 aromatic rings. The molecule has 0 amide bonds. The molecule has 4 rings (SSSR count). The summed E-state index contributed by atoms with van der Waals surface area (Å²) in [5.41, 5.74) is 6.95. The van der Waals surface area contributed by atoms with Gasteiger partial charge in [0.05, 0.1) is 0 Å². The summed E-state index contributed by atoms with van der Waals surface area (Å²) in [6.07, 6.45) is 1.05. The Morgan fingerprint density at radius 1 is 0.926 bits per heavy atom. The fraction of sp³-hybridized carbons (Fsp3) is 0.250. The molecule has 0 saturated heterocycles. The van der Waals surface area contributed by atoms with E-state index in [1.165, 1.54) is 31.0 Å².